The van der Waals surface area contributed by atoms with Gasteiger partial charge in [-0.1, -0.05) is 0 Å². The summed E-state index contributed by atoms with van der Waals surface area (Å²) in [6.45, 7) is 4.00. The van der Waals surface area contributed by atoms with Crippen LogP contribution in [-0.2, 0) is 19.6 Å². The van der Waals surface area contributed by atoms with E-state index in [9.17, 15) is 4.79 Å². The van der Waals surface area contributed by atoms with E-state index in [0.717, 1.165) is 18.1 Å². The molecule has 100 valence electrons. The van der Waals surface area contributed by atoms with E-state index in [1.165, 1.54) is 6.20 Å². The molecule has 0 aliphatic heterocycles. The van der Waals surface area contributed by atoms with Gasteiger partial charge < -0.3 is 15.0 Å². The minimum Gasteiger partial charge on any atom is -0.478 e. The quantitative estimate of drug-likeness (QED) is 0.794. The van der Waals surface area contributed by atoms with Gasteiger partial charge in [-0.2, -0.15) is 0 Å². The van der Waals surface area contributed by atoms with Crippen molar-refractivity contribution in [1.29, 1.82) is 0 Å². The van der Waals surface area contributed by atoms with E-state index in [-0.39, 0.29) is 5.56 Å². The van der Waals surface area contributed by atoms with Crippen LogP contribution in [0.5, 0.6) is 0 Å². The van der Waals surface area contributed by atoms with Gasteiger partial charge in [-0.05, 0) is 19.1 Å². The zero-order valence-electron chi connectivity index (χ0n) is 10.6. The van der Waals surface area contributed by atoms with Gasteiger partial charge in [0.2, 0.25) is 0 Å². The number of nitrogens with one attached hydrogen (secondary N) is 1. The average molecular weight is 261 g/mol. The smallest absolute Gasteiger partial charge is 0.337 e. The highest BCUT2D eigenvalue weighted by Crippen LogP contribution is 2.01. The molecule has 19 heavy (non-hydrogen) atoms. The second-order valence-electron chi connectivity index (χ2n) is 3.98. The van der Waals surface area contributed by atoms with Crippen molar-refractivity contribution in [3.63, 3.8) is 0 Å². The Balaban J connectivity index is 1.87. The number of aromatic nitrogens is 4. The molecule has 2 heterocycles. The van der Waals surface area contributed by atoms with Crippen LogP contribution in [0.25, 0.3) is 0 Å². The van der Waals surface area contributed by atoms with Crippen LogP contribution in [0.4, 0.5) is 0 Å². The predicted molar refractivity (Wildman–Crippen MR) is 67.4 cm³/mol. The third-order valence-electron chi connectivity index (χ3n) is 2.70. The van der Waals surface area contributed by atoms with Crippen LogP contribution in [-0.4, -0.2) is 30.8 Å². The minimum absolute atomic E-state index is 0.189. The summed E-state index contributed by atoms with van der Waals surface area (Å²) < 4.78 is 1.95. The summed E-state index contributed by atoms with van der Waals surface area (Å²) in [6.07, 6.45) is 3.05. The monoisotopic (exact) mass is 261 g/mol. The van der Waals surface area contributed by atoms with Gasteiger partial charge in [0, 0.05) is 19.3 Å². The van der Waals surface area contributed by atoms with Gasteiger partial charge in [-0.3, -0.25) is 4.98 Å². The molecule has 0 aliphatic rings. The first-order chi connectivity index (χ1) is 9.20. The summed E-state index contributed by atoms with van der Waals surface area (Å²) >= 11 is 0. The summed E-state index contributed by atoms with van der Waals surface area (Å²) in [4.78, 5) is 14.8. The van der Waals surface area contributed by atoms with Crippen molar-refractivity contribution in [3.8, 4) is 0 Å². The van der Waals surface area contributed by atoms with Gasteiger partial charge in [0.1, 0.15) is 12.2 Å². The third kappa shape index (κ3) is 3.35. The summed E-state index contributed by atoms with van der Waals surface area (Å²) in [5.41, 5.74) is 0.974. The molecule has 0 bridgehead atoms. The molecule has 7 nitrogen and oxygen atoms in total. The van der Waals surface area contributed by atoms with Gasteiger partial charge in [0.15, 0.2) is 0 Å². The number of carboxylic acids is 1. The van der Waals surface area contributed by atoms with Crippen LogP contribution in [0.15, 0.2) is 24.7 Å². The number of aryl methyl sites for hydroxylation is 1. The highest BCUT2D eigenvalue weighted by molar-refractivity contribution is 5.87. The summed E-state index contributed by atoms with van der Waals surface area (Å²) in [6, 6.07) is 3.24. The zero-order chi connectivity index (χ0) is 13.7. The average Bonchev–Trinajstić information content (AvgIpc) is 2.87. The lowest BCUT2D eigenvalue weighted by Gasteiger charge is -2.05. The molecular weight excluding hydrogens is 246 g/mol. The molecule has 2 rings (SSSR count). The maximum atomic E-state index is 10.7. The number of carboxylic acid groups (broad SMARTS) is 1. The van der Waals surface area contributed by atoms with Crippen LogP contribution in [0, 0.1) is 0 Å². The topological polar surface area (TPSA) is 92.9 Å². The van der Waals surface area contributed by atoms with Crippen molar-refractivity contribution in [3.05, 3.63) is 41.7 Å². The van der Waals surface area contributed by atoms with Gasteiger partial charge in [0.25, 0.3) is 0 Å². The fourth-order valence-corrected chi connectivity index (χ4v) is 1.64. The number of hydrogen-bond acceptors (Lipinski definition) is 5. The predicted octanol–water partition coefficient (Wildman–Crippen LogP) is 0.681. The normalized spacial score (nSPS) is 10.6. The molecule has 7 heteroatoms. The Morgan fingerprint density at radius 2 is 2.26 bits per heavy atom. The van der Waals surface area contributed by atoms with Crippen LogP contribution < -0.4 is 5.32 Å². The summed E-state index contributed by atoms with van der Waals surface area (Å²) in [7, 11) is 0. The standard InChI is InChI=1S/C12H15N5O2/c1-2-17-8-15-16-11(17)7-13-6-10-4-3-9(5-14-10)12(18)19/h3-5,8,13H,2,6-7H2,1H3,(H,18,19). The number of carbonyl (C=O) groups is 1. The molecule has 0 amide bonds. The Bertz CT molecular complexity index is 550. The fraction of sp³-hybridized carbons (Fsp3) is 0.333. The first-order valence-corrected chi connectivity index (χ1v) is 5.96. The van der Waals surface area contributed by atoms with Gasteiger partial charge in [-0.25, -0.2) is 4.79 Å². The Kier molecular flexibility index (Phi) is 4.19. The molecule has 0 aliphatic carbocycles. The molecule has 0 aromatic carbocycles. The molecule has 0 unspecified atom stereocenters. The molecule has 0 saturated heterocycles. The van der Waals surface area contributed by atoms with Crippen LogP contribution in [0.3, 0.4) is 0 Å². The van der Waals surface area contributed by atoms with Crippen molar-refractivity contribution >= 4 is 5.97 Å². The lowest BCUT2D eigenvalue weighted by molar-refractivity contribution is 0.0696. The molecular formula is C12H15N5O2. The van der Waals surface area contributed by atoms with Gasteiger partial charge >= 0.3 is 5.97 Å². The molecule has 2 aromatic heterocycles. The van der Waals surface area contributed by atoms with E-state index in [1.54, 1.807) is 18.5 Å². The van der Waals surface area contributed by atoms with Crippen molar-refractivity contribution in [2.45, 2.75) is 26.6 Å². The Labute approximate surface area is 110 Å². The molecule has 2 aromatic rings. The maximum absolute atomic E-state index is 10.7. The summed E-state index contributed by atoms with van der Waals surface area (Å²) in [5.74, 6) is -0.104. The van der Waals surface area contributed by atoms with Crippen molar-refractivity contribution in [1.82, 2.24) is 25.1 Å². The largest absolute Gasteiger partial charge is 0.478 e. The van der Waals surface area contributed by atoms with E-state index in [0.29, 0.717) is 13.1 Å². The second kappa shape index (κ2) is 6.05. The number of nitrogens with zero attached hydrogens (tertiary/aromatic N) is 4. The van der Waals surface area contributed by atoms with Crippen LogP contribution >= 0.6 is 0 Å². The number of rotatable bonds is 6. The first-order valence-electron chi connectivity index (χ1n) is 5.96. The number of hydrogen-bond donors (Lipinski definition) is 2. The van der Waals surface area contributed by atoms with E-state index in [1.807, 2.05) is 11.5 Å². The second-order valence-corrected chi connectivity index (χ2v) is 3.98. The molecule has 0 saturated carbocycles. The van der Waals surface area contributed by atoms with Crippen LogP contribution in [0.1, 0.15) is 28.8 Å². The van der Waals surface area contributed by atoms with Gasteiger partial charge in [0.05, 0.1) is 17.8 Å². The third-order valence-corrected chi connectivity index (χ3v) is 2.70. The van der Waals surface area contributed by atoms with E-state index in [2.05, 4.69) is 20.5 Å². The van der Waals surface area contributed by atoms with Crippen molar-refractivity contribution in [2.24, 2.45) is 0 Å². The molecule has 0 radical (unpaired) electrons. The van der Waals surface area contributed by atoms with Crippen molar-refractivity contribution < 1.29 is 9.90 Å². The number of aromatic carboxylic acids is 1. The Hall–Kier alpha value is -2.28. The fourth-order valence-electron chi connectivity index (χ4n) is 1.64. The minimum atomic E-state index is -0.969. The lowest BCUT2D eigenvalue weighted by atomic mass is 10.2. The van der Waals surface area contributed by atoms with E-state index >= 15 is 0 Å². The lowest BCUT2D eigenvalue weighted by Crippen LogP contribution is -2.17. The van der Waals surface area contributed by atoms with Gasteiger partial charge in [-0.15, -0.1) is 10.2 Å². The SMILES string of the molecule is CCn1cnnc1CNCc1ccc(C(=O)O)cn1. The Morgan fingerprint density at radius 3 is 2.89 bits per heavy atom. The summed E-state index contributed by atoms with van der Waals surface area (Å²) in [5, 5.41) is 19.8. The first kappa shape index (κ1) is 13.2. The molecule has 0 spiro atoms. The Morgan fingerprint density at radius 1 is 1.42 bits per heavy atom. The van der Waals surface area contributed by atoms with E-state index < -0.39 is 5.97 Å². The number of pyridine rings is 1. The molecule has 2 N–H and O–H groups in total. The zero-order valence-corrected chi connectivity index (χ0v) is 10.6. The highest BCUT2D eigenvalue weighted by Gasteiger charge is 2.04. The molecule has 0 atom stereocenters. The highest BCUT2D eigenvalue weighted by atomic mass is 16.4. The molecule has 0 fully saturated rings. The van der Waals surface area contributed by atoms with E-state index in [4.69, 9.17) is 5.11 Å². The van der Waals surface area contributed by atoms with Crippen LogP contribution in [0.2, 0.25) is 0 Å². The van der Waals surface area contributed by atoms with Crippen molar-refractivity contribution in [2.75, 3.05) is 0 Å². The maximum Gasteiger partial charge on any atom is 0.337 e.